The highest BCUT2D eigenvalue weighted by atomic mass is 19.3. The van der Waals surface area contributed by atoms with E-state index in [-0.39, 0.29) is 11.5 Å². The second-order valence-electron chi connectivity index (χ2n) is 8.30. The predicted octanol–water partition coefficient (Wildman–Crippen LogP) is 4.36. The van der Waals surface area contributed by atoms with Gasteiger partial charge in [0, 0.05) is 56.9 Å². The van der Waals surface area contributed by atoms with Gasteiger partial charge in [-0.15, -0.1) is 0 Å². The summed E-state index contributed by atoms with van der Waals surface area (Å²) in [5.74, 6) is 0.416. The predicted molar refractivity (Wildman–Crippen MR) is 123 cm³/mol. The van der Waals surface area contributed by atoms with Crippen LogP contribution in [0.15, 0.2) is 42.9 Å². The molecule has 4 aromatic rings. The van der Waals surface area contributed by atoms with Gasteiger partial charge < -0.3 is 14.8 Å². The smallest absolute Gasteiger partial charge is 0.264 e. The number of hydrogen-bond donors (Lipinski definition) is 1. The van der Waals surface area contributed by atoms with Crippen LogP contribution < -0.4 is 10.2 Å². The molecule has 1 N–H and O–H groups in total. The van der Waals surface area contributed by atoms with E-state index in [2.05, 4.69) is 10.4 Å². The first-order valence-corrected chi connectivity index (χ1v) is 10.8. The number of anilines is 2. The fourth-order valence-electron chi connectivity index (χ4n) is 4.58. The third-order valence-electron chi connectivity index (χ3n) is 6.19. The van der Waals surface area contributed by atoms with E-state index in [1.165, 1.54) is 0 Å². The highest BCUT2D eigenvalue weighted by molar-refractivity contribution is 6.05. The molecule has 0 unspecified atom stereocenters. The quantitative estimate of drug-likeness (QED) is 0.502. The largest absolute Gasteiger partial charge is 0.355 e. The lowest BCUT2D eigenvalue weighted by Crippen LogP contribution is -2.26. The minimum Gasteiger partial charge on any atom is -0.355 e. The first kappa shape index (κ1) is 21.1. The normalized spacial score (nSPS) is 13.6. The molecule has 1 aromatic carbocycles. The maximum atomic E-state index is 14.1. The van der Waals surface area contributed by atoms with Crippen molar-refractivity contribution in [1.29, 1.82) is 0 Å². The molecule has 1 aliphatic heterocycles. The molecular formula is C24H24F2N6O. The molecule has 7 nitrogen and oxygen atoms in total. The second-order valence-corrected chi connectivity index (χ2v) is 8.30. The standard InChI is InChI=1S/C24H24F2N6O/c1-27-24(33)18-13-30(2)19-6-7-21(29-22(18)19)32-8-4-5-14-9-16(15-11-28-31(3)12-15)17(23(25)26)10-20(14)32/h6-7,9-13,23H,4-5,8H2,1-3H3,(H,27,33). The van der Waals surface area contributed by atoms with E-state index < -0.39 is 6.43 Å². The van der Waals surface area contributed by atoms with Gasteiger partial charge in [-0.2, -0.15) is 5.10 Å². The number of alkyl halides is 2. The van der Waals surface area contributed by atoms with Crippen molar-refractivity contribution >= 4 is 28.4 Å². The van der Waals surface area contributed by atoms with Crippen LogP contribution in [0.2, 0.25) is 0 Å². The second kappa shape index (κ2) is 7.99. The molecule has 0 bridgehead atoms. The SMILES string of the molecule is CNC(=O)c1cn(C)c2ccc(N3CCCc4cc(-c5cnn(C)c5)c(C(F)F)cc43)nc12. The van der Waals surface area contributed by atoms with Gasteiger partial charge in [-0.05, 0) is 48.2 Å². The summed E-state index contributed by atoms with van der Waals surface area (Å²) in [6, 6.07) is 7.23. The number of carbonyl (C=O) groups excluding carboxylic acids is 1. The molecule has 1 aliphatic rings. The van der Waals surface area contributed by atoms with Crippen molar-refractivity contribution in [3.05, 3.63) is 59.5 Å². The van der Waals surface area contributed by atoms with Crippen LogP contribution in [0.25, 0.3) is 22.2 Å². The molecule has 33 heavy (non-hydrogen) atoms. The minimum absolute atomic E-state index is 0.0273. The van der Waals surface area contributed by atoms with E-state index in [1.807, 2.05) is 34.7 Å². The number of aryl methyl sites for hydroxylation is 3. The van der Waals surface area contributed by atoms with E-state index in [1.54, 1.807) is 43.4 Å². The van der Waals surface area contributed by atoms with Gasteiger partial charge in [0.05, 0.1) is 17.3 Å². The van der Waals surface area contributed by atoms with Crippen molar-refractivity contribution in [2.45, 2.75) is 19.3 Å². The van der Waals surface area contributed by atoms with E-state index in [4.69, 9.17) is 4.98 Å². The Kier molecular flexibility index (Phi) is 5.11. The van der Waals surface area contributed by atoms with Gasteiger partial charge in [-0.3, -0.25) is 9.48 Å². The molecule has 9 heteroatoms. The average molecular weight is 450 g/mol. The summed E-state index contributed by atoms with van der Waals surface area (Å²) in [6.07, 6.45) is 4.14. The topological polar surface area (TPSA) is 68.0 Å². The van der Waals surface area contributed by atoms with Crippen molar-refractivity contribution in [2.24, 2.45) is 14.1 Å². The Hall–Kier alpha value is -3.75. The summed E-state index contributed by atoms with van der Waals surface area (Å²) in [5, 5.41) is 6.79. The summed E-state index contributed by atoms with van der Waals surface area (Å²) in [5.41, 5.74) is 4.77. The zero-order valence-electron chi connectivity index (χ0n) is 18.6. The highest BCUT2D eigenvalue weighted by Crippen LogP contribution is 2.41. The van der Waals surface area contributed by atoms with Gasteiger partial charge in [0.2, 0.25) is 0 Å². The minimum atomic E-state index is -2.63. The fraction of sp³-hybridized carbons (Fsp3) is 0.292. The number of carbonyl (C=O) groups is 1. The molecule has 0 aliphatic carbocycles. The van der Waals surface area contributed by atoms with Crippen LogP contribution in [0.4, 0.5) is 20.3 Å². The number of amides is 1. The Morgan fingerprint density at radius 3 is 2.70 bits per heavy atom. The zero-order chi connectivity index (χ0) is 23.3. The van der Waals surface area contributed by atoms with Crippen LogP contribution in [-0.4, -0.2) is 38.8 Å². The van der Waals surface area contributed by atoms with E-state index in [0.717, 1.165) is 29.6 Å². The molecule has 0 saturated heterocycles. The lowest BCUT2D eigenvalue weighted by atomic mass is 9.93. The van der Waals surface area contributed by atoms with Gasteiger partial charge in [0.25, 0.3) is 12.3 Å². The molecule has 0 atom stereocenters. The van der Waals surface area contributed by atoms with E-state index >= 15 is 0 Å². The number of nitrogens with one attached hydrogen (secondary N) is 1. The molecule has 1 amide bonds. The molecular weight excluding hydrogens is 426 g/mol. The van der Waals surface area contributed by atoms with Gasteiger partial charge in [-0.25, -0.2) is 13.8 Å². The number of fused-ring (bicyclic) bond motifs is 2. The number of pyridine rings is 1. The third-order valence-corrected chi connectivity index (χ3v) is 6.19. The summed E-state index contributed by atoms with van der Waals surface area (Å²) in [6.45, 7) is 0.655. The maximum absolute atomic E-state index is 14.1. The zero-order valence-corrected chi connectivity index (χ0v) is 18.6. The fourth-order valence-corrected chi connectivity index (χ4v) is 4.58. The summed E-state index contributed by atoms with van der Waals surface area (Å²) >= 11 is 0. The Morgan fingerprint density at radius 2 is 2.00 bits per heavy atom. The van der Waals surface area contributed by atoms with Crippen molar-refractivity contribution in [2.75, 3.05) is 18.5 Å². The number of hydrogen-bond acceptors (Lipinski definition) is 4. The molecule has 0 radical (unpaired) electrons. The first-order valence-electron chi connectivity index (χ1n) is 10.8. The Bertz CT molecular complexity index is 1370. The number of halogens is 2. The van der Waals surface area contributed by atoms with Crippen molar-refractivity contribution in [3.8, 4) is 11.1 Å². The van der Waals surface area contributed by atoms with Crippen LogP contribution in [0.1, 0.15) is 34.3 Å². The van der Waals surface area contributed by atoms with Gasteiger partial charge >= 0.3 is 0 Å². The highest BCUT2D eigenvalue weighted by Gasteiger charge is 2.26. The van der Waals surface area contributed by atoms with Crippen molar-refractivity contribution < 1.29 is 13.6 Å². The summed E-state index contributed by atoms with van der Waals surface area (Å²) in [4.78, 5) is 19.1. The van der Waals surface area contributed by atoms with Crippen LogP contribution in [0.3, 0.4) is 0 Å². The maximum Gasteiger partial charge on any atom is 0.264 e. The van der Waals surface area contributed by atoms with Crippen molar-refractivity contribution in [3.63, 3.8) is 0 Å². The molecule has 0 saturated carbocycles. The number of aromatic nitrogens is 4. The average Bonchev–Trinajstić information content (AvgIpc) is 3.40. The molecule has 0 spiro atoms. The van der Waals surface area contributed by atoms with Crippen LogP contribution in [0, 0.1) is 0 Å². The summed E-state index contributed by atoms with van der Waals surface area (Å²) < 4.78 is 31.7. The Labute approximate surface area is 189 Å². The Balaban J connectivity index is 1.64. The lowest BCUT2D eigenvalue weighted by molar-refractivity contribution is 0.0964. The molecule has 5 rings (SSSR count). The number of benzene rings is 1. The first-order chi connectivity index (χ1) is 15.9. The summed E-state index contributed by atoms with van der Waals surface area (Å²) in [7, 11) is 5.21. The lowest BCUT2D eigenvalue weighted by Gasteiger charge is -2.31. The molecule has 3 aromatic heterocycles. The van der Waals surface area contributed by atoms with Gasteiger partial charge in [0.1, 0.15) is 11.3 Å². The van der Waals surface area contributed by atoms with E-state index in [0.29, 0.717) is 34.6 Å². The number of rotatable bonds is 4. The molecule has 0 fully saturated rings. The Morgan fingerprint density at radius 1 is 1.18 bits per heavy atom. The van der Waals surface area contributed by atoms with Crippen LogP contribution >= 0.6 is 0 Å². The molecule has 4 heterocycles. The molecule has 170 valence electrons. The van der Waals surface area contributed by atoms with Crippen LogP contribution in [-0.2, 0) is 20.5 Å². The van der Waals surface area contributed by atoms with Gasteiger partial charge in [0.15, 0.2) is 0 Å². The third kappa shape index (κ3) is 3.53. The van der Waals surface area contributed by atoms with Crippen molar-refractivity contribution in [1.82, 2.24) is 24.6 Å². The number of nitrogens with zero attached hydrogens (tertiary/aromatic N) is 5. The van der Waals surface area contributed by atoms with Gasteiger partial charge in [-0.1, -0.05) is 0 Å². The monoisotopic (exact) mass is 450 g/mol. The van der Waals surface area contributed by atoms with E-state index in [9.17, 15) is 13.6 Å². The van der Waals surface area contributed by atoms with Crippen LogP contribution in [0.5, 0.6) is 0 Å².